The first-order valence-corrected chi connectivity index (χ1v) is 6.25. The Bertz CT molecular complexity index is 315. The second-order valence-corrected chi connectivity index (χ2v) is 5.88. The molecule has 98 valence electrons. The van der Waals surface area contributed by atoms with E-state index in [1.807, 2.05) is 20.8 Å². The summed E-state index contributed by atoms with van der Waals surface area (Å²) in [5.41, 5.74) is 2.47. The van der Waals surface area contributed by atoms with Gasteiger partial charge in [-0.1, -0.05) is 20.8 Å². The van der Waals surface area contributed by atoms with Gasteiger partial charge in [0.1, 0.15) is 0 Å². The van der Waals surface area contributed by atoms with Gasteiger partial charge in [0.25, 0.3) is 0 Å². The highest BCUT2D eigenvalue weighted by atomic mass is 16.3. The van der Waals surface area contributed by atoms with Crippen LogP contribution in [0.15, 0.2) is 17.4 Å². The van der Waals surface area contributed by atoms with Crippen molar-refractivity contribution in [2.75, 3.05) is 0 Å². The van der Waals surface area contributed by atoms with E-state index in [4.69, 9.17) is 0 Å². The first-order chi connectivity index (χ1) is 7.69. The zero-order valence-electron chi connectivity index (χ0n) is 11.2. The molecule has 0 amide bonds. The molecule has 3 nitrogen and oxygen atoms in total. The van der Waals surface area contributed by atoms with Gasteiger partial charge in [0, 0.05) is 12.0 Å². The molecule has 3 atom stereocenters. The minimum atomic E-state index is -1.05. The minimum absolute atomic E-state index is 0.300. The van der Waals surface area contributed by atoms with E-state index >= 15 is 0 Å². The van der Waals surface area contributed by atoms with E-state index in [0.717, 1.165) is 5.57 Å². The maximum Gasteiger partial charge on any atom is 0.0931 e. The molecule has 1 saturated carbocycles. The number of aliphatic hydroxyl groups is 3. The van der Waals surface area contributed by atoms with Gasteiger partial charge in [0.05, 0.1) is 17.8 Å². The first-order valence-electron chi connectivity index (χ1n) is 6.25. The molecule has 0 aliphatic heterocycles. The van der Waals surface area contributed by atoms with Gasteiger partial charge in [-0.3, -0.25) is 0 Å². The number of rotatable bonds is 2. The van der Waals surface area contributed by atoms with Crippen molar-refractivity contribution in [3.05, 3.63) is 17.4 Å². The van der Waals surface area contributed by atoms with Crippen molar-refractivity contribution in [2.45, 2.75) is 64.8 Å². The molecule has 0 aromatic carbocycles. The maximum absolute atomic E-state index is 10.4. The van der Waals surface area contributed by atoms with Crippen molar-refractivity contribution in [1.29, 1.82) is 0 Å². The fourth-order valence-electron chi connectivity index (χ4n) is 2.70. The van der Waals surface area contributed by atoms with Crippen LogP contribution in [0.25, 0.3) is 0 Å². The van der Waals surface area contributed by atoms with Crippen LogP contribution in [0, 0.1) is 5.41 Å². The van der Waals surface area contributed by atoms with Crippen LogP contribution in [0.4, 0.5) is 0 Å². The third-order valence-electron chi connectivity index (χ3n) is 3.43. The summed E-state index contributed by atoms with van der Waals surface area (Å²) in [6, 6.07) is 0. The van der Waals surface area contributed by atoms with Crippen molar-refractivity contribution in [3.8, 4) is 0 Å². The van der Waals surface area contributed by atoms with Crippen LogP contribution in [0.1, 0.15) is 47.0 Å². The van der Waals surface area contributed by atoms with Crippen LogP contribution in [-0.4, -0.2) is 33.1 Å². The lowest BCUT2D eigenvalue weighted by molar-refractivity contribution is -0.0268. The second kappa shape index (κ2) is 4.95. The van der Waals surface area contributed by atoms with E-state index in [-0.39, 0.29) is 5.41 Å². The molecule has 0 radical (unpaired) electrons. The molecular weight excluding hydrogens is 216 g/mol. The molecule has 1 aliphatic rings. The lowest BCUT2D eigenvalue weighted by atomic mass is 9.65. The molecule has 3 heteroatoms. The third kappa shape index (κ3) is 3.43. The summed E-state index contributed by atoms with van der Waals surface area (Å²) in [5, 5.41) is 29.6. The molecule has 3 unspecified atom stereocenters. The van der Waals surface area contributed by atoms with Crippen molar-refractivity contribution in [3.63, 3.8) is 0 Å². The van der Waals surface area contributed by atoms with Gasteiger partial charge >= 0.3 is 0 Å². The van der Waals surface area contributed by atoms with E-state index < -0.39 is 17.8 Å². The van der Waals surface area contributed by atoms with Crippen LogP contribution in [0.5, 0.6) is 0 Å². The molecule has 3 N–H and O–H groups in total. The third-order valence-corrected chi connectivity index (χ3v) is 3.43. The van der Waals surface area contributed by atoms with Crippen LogP contribution in [0.3, 0.4) is 0 Å². The lowest BCUT2D eigenvalue weighted by Gasteiger charge is -2.43. The highest BCUT2D eigenvalue weighted by Gasteiger charge is 2.44. The highest BCUT2D eigenvalue weighted by Crippen LogP contribution is 2.45. The monoisotopic (exact) mass is 240 g/mol. The van der Waals surface area contributed by atoms with Crippen molar-refractivity contribution < 1.29 is 15.3 Å². The quantitative estimate of drug-likeness (QED) is 0.645. The predicted molar refractivity (Wildman–Crippen MR) is 67.5 cm³/mol. The van der Waals surface area contributed by atoms with Gasteiger partial charge in [0.2, 0.25) is 0 Å². The molecule has 0 heterocycles. The van der Waals surface area contributed by atoms with Crippen LogP contribution < -0.4 is 0 Å². The standard InChI is InChI=1S/C14H24O3/c1-5-10(15)6-7-12-13(2,3)8-11(16)9-14(12,4)17/h6,10-11,15-17H,5,8-9H2,1-4H3. The zero-order valence-corrected chi connectivity index (χ0v) is 11.2. The lowest BCUT2D eigenvalue weighted by Crippen LogP contribution is -2.45. The highest BCUT2D eigenvalue weighted by molar-refractivity contribution is 5.26. The summed E-state index contributed by atoms with van der Waals surface area (Å²) in [6.45, 7) is 7.56. The van der Waals surface area contributed by atoms with Crippen LogP contribution >= 0.6 is 0 Å². The van der Waals surface area contributed by atoms with Crippen molar-refractivity contribution in [1.82, 2.24) is 0 Å². The summed E-state index contributed by atoms with van der Waals surface area (Å²) < 4.78 is 0. The van der Waals surface area contributed by atoms with Gasteiger partial charge < -0.3 is 15.3 Å². The number of hydrogen-bond donors (Lipinski definition) is 3. The molecule has 0 aromatic heterocycles. The van der Waals surface area contributed by atoms with E-state index in [1.165, 1.54) is 0 Å². The summed E-state index contributed by atoms with van der Waals surface area (Å²) in [4.78, 5) is 0. The maximum atomic E-state index is 10.4. The summed E-state index contributed by atoms with van der Waals surface area (Å²) in [6.07, 6.45) is 2.16. The van der Waals surface area contributed by atoms with Gasteiger partial charge in [-0.05, 0) is 31.3 Å². The molecule has 17 heavy (non-hydrogen) atoms. The van der Waals surface area contributed by atoms with Gasteiger partial charge in [-0.2, -0.15) is 0 Å². The Kier molecular flexibility index (Phi) is 4.21. The predicted octanol–water partition coefficient (Wildman–Crippen LogP) is 1.77. The van der Waals surface area contributed by atoms with Crippen molar-refractivity contribution in [2.24, 2.45) is 5.41 Å². The fourth-order valence-corrected chi connectivity index (χ4v) is 2.70. The Morgan fingerprint density at radius 3 is 2.47 bits per heavy atom. The Hall–Kier alpha value is -0.600. The smallest absolute Gasteiger partial charge is 0.0931 e. The van der Waals surface area contributed by atoms with Gasteiger partial charge in [-0.25, -0.2) is 0 Å². The Labute approximate surface area is 103 Å². The molecule has 1 rings (SSSR count). The minimum Gasteiger partial charge on any atom is -0.393 e. The van der Waals surface area contributed by atoms with Gasteiger partial charge in [-0.15, -0.1) is 5.73 Å². The Morgan fingerprint density at radius 2 is 2.00 bits per heavy atom. The van der Waals surface area contributed by atoms with Gasteiger partial charge in [0.15, 0.2) is 0 Å². The molecule has 0 aromatic rings. The van der Waals surface area contributed by atoms with Crippen molar-refractivity contribution >= 4 is 0 Å². The second-order valence-electron chi connectivity index (χ2n) is 5.88. The topological polar surface area (TPSA) is 60.7 Å². The summed E-state index contributed by atoms with van der Waals surface area (Å²) in [7, 11) is 0. The zero-order chi connectivity index (χ0) is 13.3. The molecular formula is C14H24O3. The number of aliphatic hydroxyl groups excluding tert-OH is 2. The molecule has 0 saturated heterocycles. The Balaban J connectivity index is 3.13. The largest absolute Gasteiger partial charge is 0.393 e. The first kappa shape index (κ1) is 14.5. The average Bonchev–Trinajstić information content (AvgIpc) is 2.12. The summed E-state index contributed by atoms with van der Waals surface area (Å²) in [5.74, 6) is 0. The van der Waals surface area contributed by atoms with Crippen LogP contribution in [-0.2, 0) is 0 Å². The van der Waals surface area contributed by atoms with E-state index in [9.17, 15) is 15.3 Å². The normalized spacial score (nSPS) is 34.1. The molecule has 0 spiro atoms. The molecule has 0 bridgehead atoms. The van der Waals surface area contributed by atoms with E-state index in [1.54, 1.807) is 13.0 Å². The average molecular weight is 240 g/mol. The molecule has 1 fully saturated rings. The van der Waals surface area contributed by atoms with E-state index in [2.05, 4.69) is 5.73 Å². The Morgan fingerprint density at radius 1 is 1.41 bits per heavy atom. The summed E-state index contributed by atoms with van der Waals surface area (Å²) >= 11 is 0. The molecule has 1 aliphatic carbocycles. The fraction of sp³-hybridized carbons (Fsp3) is 0.786. The van der Waals surface area contributed by atoms with Crippen LogP contribution in [0.2, 0.25) is 0 Å². The number of hydrogen-bond acceptors (Lipinski definition) is 3. The SMILES string of the molecule is CCC(O)C=C=C1C(C)(C)CC(O)CC1(C)O. The van der Waals surface area contributed by atoms with E-state index in [0.29, 0.717) is 19.3 Å².